The van der Waals surface area contributed by atoms with Gasteiger partial charge in [-0.05, 0) is 18.9 Å². The maximum atomic E-state index is 5.44. The number of nitrogens with zero attached hydrogens (tertiary/aromatic N) is 1. The van der Waals surface area contributed by atoms with E-state index in [1.54, 1.807) is 0 Å². The van der Waals surface area contributed by atoms with Crippen molar-refractivity contribution in [2.75, 3.05) is 0 Å². The van der Waals surface area contributed by atoms with Gasteiger partial charge in [0.2, 0.25) is 0 Å². The summed E-state index contributed by atoms with van der Waals surface area (Å²) in [6, 6.07) is 10.3. The van der Waals surface area contributed by atoms with Crippen LogP contribution in [0.25, 0.3) is 0 Å². The van der Waals surface area contributed by atoms with Crippen LogP contribution in [0.1, 0.15) is 31.9 Å². The fourth-order valence-electron chi connectivity index (χ4n) is 1.95. The molecule has 2 rings (SSSR count). The molecule has 0 spiro atoms. The summed E-state index contributed by atoms with van der Waals surface area (Å²) in [6.45, 7) is 4.21. The standard InChI is InChI=1S/C12H15NO/c1-3-11-9(2)13-14-12(11)10-7-5-4-6-8-10/h4-8,11-12H,3H2,1-2H3. The van der Waals surface area contributed by atoms with Gasteiger partial charge in [0.15, 0.2) is 6.10 Å². The molecule has 1 aromatic rings. The van der Waals surface area contributed by atoms with Gasteiger partial charge in [-0.25, -0.2) is 0 Å². The molecule has 0 aliphatic carbocycles. The van der Waals surface area contributed by atoms with Gasteiger partial charge in [0.05, 0.1) is 5.71 Å². The molecular weight excluding hydrogens is 174 g/mol. The molecule has 0 amide bonds. The lowest BCUT2D eigenvalue weighted by molar-refractivity contribution is 0.0605. The summed E-state index contributed by atoms with van der Waals surface area (Å²) >= 11 is 0. The normalized spacial score (nSPS) is 25.7. The molecule has 0 aromatic heterocycles. The number of hydrogen-bond donors (Lipinski definition) is 0. The van der Waals surface area contributed by atoms with Gasteiger partial charge in [-0.3, -0.25) is 0 Å². The van der Waals surface area contributed by atoms with Crippen LogP contribution in [0, 0.1) is 5.92 Å². The van der Waals surface area contributed by atoms with Crippen molar-refractivity contribution in [1.29, 1.82) is 0 Å². The van der Waals surface area contributed by atoms with E-state index in [2.05, 4.69) is 24.2 Å². The number of benzene rings is 1. The Kier molecular flexibility index (Phi) is 2.53. The Labute approximate surface area is 84.6 Å². The molecule has 14 heavy (non-hydrogen) atoms. The Hall–Kier alpha value is -1.31. The minimum atomic E-state index is 0.126. The topological polar surface area (TPSA) is 21.6 Å². The van der Waals surface area contributed by atoms with Crippen LogP contribution in [0.15, 0.2) is 35.5 Å². The second-order valence-electron chi connectivity index (χ2n) is 3.68. The van der Waals surface area contributed by atoms with Gasteiger partial charge < -0.3 is 4.84 Å². The summed E-state index contributed by atoms with van der Waals surface area (Å²) in [5, 5.41) is 4.06. The van der Waals surface area contributed by atoms with E-state index in [-0.39, 0.29) is 6.10 Å². The predicted molar refractivity (Wildman–Crippen MR) is 57.2 cm³/mol. The largest absolute Gasteiger partial charge is 0.387 e. The second-order valence-corrected chi connectivity index (χ2v) is 3.68. The highest BCUT2D eigenvalue weighted by molar-refractivity contribution is 5.85. The molecule has 2 unspecified atom stereocenters. The fourth-order valence-corrected chi connectivity index (χ4v) is 1.95. The lowest BCUT2D eigenvalue weighted by Gasteiger charge is -2.16. The van der Waals surface area contributed by atoms with E-state index in [1.807, 2.05) is 25.1 Å². The zero-order valence-electron chi connectivity index (χ0n) is 8.60. The number of hydrogen-bond acceptors (Lipinski definition) is 2. The van der Waals surface area contributed by atoms with Crippen molar-refractivity contribution in [2.24, 2.45) is 11.1 Å². The average Bonchev–Trinajstić information content (AvgIpc) is 2.61. The molecule has 1 aliphatic heterocycles. The monoisotopic (exact) mass is 189 g/mol. The number of oxime groups is 1. The molecular formula is C12H15NO. The molecule has 2 atom stereocenters. The Morgan fingerprint density at radius 2 is 2.00 bits per heavy atom. The van der Waals surface area contributed by atoms with Crippen LogP contribution in [0.5, 0.6) is 0 Å². The Balaban J connectivity index is 2.22. The van der Waals surface area contributed by atoms with Crippen molar-refractivity contribution in [3.05, 3.63) is 35.9 Å². The zero-order chi connectivity index (χ0) is 9.97. The molecule has 2 nitrogen and oxygen atoms in total. The summed E-state index contributed by atoms with van der Waals surface area (Å²) in [5.74, 6) is 0.442. The van der Waals surface area contributed by atoms with Crippen LogP contribution in [0.4, 0.5) is 0 Å². The Bertz CT molecular complexity index is 331. The molecule has 0 radical (unpaired) electrons. The smallest absolute Gasteiger partial charge is 0.160 e. The van der Waals surface area contributed by atoms with Gasteiger partial charge in [0.25, 0.3) is 0 Å². The van der Waals surface area contributed by atoms with Crippen LogP contribution >= 0.6 is 0 Å². The van der Waals surface area contributed by atoms with E-state index in [4.69, 9.17) is 4.84 Å². The van der Waals surface area contributed by atoms with Gasteiger partial charge in [-0.15, -0.1) is 0 Å². The molecule has 2 heteroatoms. The molecule has 1 heterocycles. The van der Waals surface area contributed by atoms with E-state index < -0.39 is 0 Å². The predicted octanol–water partition coefficient (Wildman–Crippen LogP) is 3.16. The molecule has 1 aromatic carbocycles. The summed E-state index contributed by atoms with van der Waals surface area (Å²) in [6.07, 6.45) is 1.20. The quantitative estimate of drug-likeness (QED) is 0.700. The van der Waals surface area contributed by atoms with Crippen molar-refractivity contribution in [1.82, 2.24) is 0 Å². The fraction of sp³-hybridized carbons (Fsp3) is 0.417. The molecule has 0 fully saturated rings. The third-order valence-electron chi connectivity index (χ3n) is 2.78. The first kappa shape index (κ1) is 9.25. The van der Waals surface area contributed by atoms with Crippen molar-refractivity contribution in [3.8, 4) is 0 Å². The third-order valence-corrected chi connectivity index (χ3v) is 2.78. The van der Waals surface area contributed by atoms with Crippen molar-refractivity contribution < 1.29 is 4.84 Å². The van der Waals surface area contributed by atoms with Gasteiger partial charge in [-0.1, -0.05) is 42.4 Å². The highest BCUT2D eigenvalue weighted by Gasteiger charge is 2.31. The first-order valence-electron chi connectivity index (χ1n) is 5.08. The van der Waals surface area contributed by atoms with Crippen molar-refractivity contribution >= 4 is 5.71 Å². The first-order valence-corrected chi connectivity index (χ1v) is 5.08. The number of rotatable bonds is 2. The maximum Gasteiger partial charge on any atom is 0.160 e. The van der Waals surface area contributed by atoms with Gasteiger partial charge in [-0.2, -0.15) is 0 Å². The van der Waals surface area contributed by atoms with Crippen molar-refractivity contribution in [2.45, 2.75) is 26.4 Å². The van der Waals surface area contributed by atoms with Gasteiger partial charge >= 0.3 is 0 Å². The minimum absolute atomic E-state index is 0.126. The summed E-state index contributed by atoms with van der Waals surface area (Å²) < 4.78 is 0. The van der Waals surface area contributed by atoms with Crippen molar-refractivity contribution in [3.63, 3.8) is 0 Å². The molecule has 74 valence electrons. The second kappa shape index (κ2) is 3.82. The first-order chi connectivity index (χ1) is 6.83. The molecule has 0 saturated heterocycles. The zero-order valence-corrected chi connectivity index (χ0v) is 8.60. The third kappa shape index (κ3) is 1.52. The lowest BCUT2D eigenvalue weighted by Crippen LogP contribution is -2.13. The van der Waals surface area contributed by atoms with Crippen LogP contribution in [-0.4, -0.2) is 5.71 Å². The van der Waals surface area contributed by atoms with Crippen LogP contribution in [0.3, 0.4) is 0 Å². The van der Waals surface area contributed by atoms with E-state index in [0.717, 1.165) is 12.1 Å². The SMILES string of the molecule is CCC1C(C)=NOC1c1ccccc1. The summed E-state index contributed by atoms with van der Waals surface area (Å²) in [7, 11) is 0. The van der Waals surface area contributed by atoms with E-state index in [9.17, 15) is 0 Å². The van der Waals surface area contributed by atoms with Crippen LogP contribution in [0.2, 0.25) is 0 Å². The maximum absolute atomic E-state index is 5.44. The molecule has 0 saturated carbocycles. The van der Waals surface area contributed by atoms with Crippen LogP contribution < -0.4 is 0 Å². The van der Waals surface area contributed by atoms with Gasteiger partial charge in [0.1, 0.15) is 0 Å². The average molecular weight is 189 g/mol. The molecule has 1 aliphatic rings. The summed E-state index contributed by atoms with van der Waals surface area (Å²) in [5.41, 5.74) is 2.33. The highest BCUT2D eigenvalue weighted by atomic mass is 16.6. The molecule has 0 bridgehead atoms. The lowest BCUT2D eigenvalue weighted by atomic mass is 9.91. The minimum Gasteiger partial charge on any atom is -0.387 e. The van der Waals surface area contributed by atoms with Crippen LogP contribution in [-0.2, 0) is 4.84 Å². The molecule has 0 N–H and O–H groups in total. The Morgan fingerprint density at radius 1 is 1.29 bits per heavy atom. The van der Waals surface area contributed by atoms with E-state index in [0.29, 0.717) is 5.92 Å². The van der Waals surface area contributed by atoms with E-state index in [1.165, 1.54) is 5.56 Å². The summed E-state index contributed by atoms with van der Waals surface area (Å²) in [4.78, 5) is 5.44. The highest BCUT2D eigenvalue weighted by Crippen LogP contribution is 2.34. The van der Waals surface area contributed by atoms with Gasteiger partial charge in [0, 0.05) is 5.92 Å². The Morgan fingerprint density at radius 3 is 2.64 bits per heavy atom. The van der Waals surface area contributed by atoms with E-state index >= 15 is 0 Å².